The summed E-state index contributed by atoms with van der Waals surface area (Å²) in [5.74, 6) is 0. The molecule has 1 N–H and O–H groups in total. The highest BCUT2D eigenvalue weighted by Crippen LogP contribution is 2.31. The Balaban J connectivity index is 1.89. The Kier molecular flexibility index (Phi) is 4.11. The van der Waals surface area contributed by atoms with Gasteiger partial charge in [-0.1, -0.05) is 6.92 Å². The zero-order chi connectivity index (χ0) is 13.2. The van der Waals surface area contributed by atoms with Crippen LogP contribution in [0, 0.1) is 0 Å². The molecule has 102 valence electrons. The molecule has 0 radical (unpaired) electrons. The van der Waals surface area contributed by atoms with Crippen LogP contribution in [0.5, 0.6) is 0 Å². The first-order chi connectivity index (χ1) is 8.50. The summed E-state index contributed by atoms with van der Waals surface area (Å²) in [6, 6.07) is 0.410. The minimum absolute atomic E-state index is 0.352. The lowest BCUT2D eigenvalue weighted by Crippen LogP contribution is -2.34. The second-order valence-electron chi connectivity index (χ2n) is 4.34. The van der Waals surface area contributed by atoms with Gasteiger partial charge in [0.15, 0.2) is 10.8 Å². The highest BCUT2D eigenvalue weighted by atomic mass is 32.1. The van der Waals surface area contributed by atoms with Crippen molar-refractivity contribution < 1.29 is 13.2 Å². The molecule has 0 aromatic carbocycles. The third-order valence-electron chi connectivity index (χ3n) is 3.19. The second kappa shape index (κ2) is 5.44. The van der Waals surface area contributed by atoms with Crippen molar-refractivity contribution in [1.82, 2.24) is 9.88 Å². The van der Waals surface area contributed by atoms with Crippen LogP contribution in [-0.2, 0) is 6.18 Å². The standard InChI is InChI=1S/C11H16F3N3S/c1-2-17-5-3-4-8(17)6-15-10-16-9(7-18-10)11(12,13)14/h7-8H,2-6H2,1H3,(H,15,16). The Bertz CT molecular complexity index is 391. The van der Waals surface area contributed by atoms with Crippen molar-refractivity contribution in [3.05, 3.63) is 11.1 Å². The number of rotatable bonds is 4. The van der Waals surface area contributed by atoms with E-state index < -0.39 is 11.9 Å². The van der Waals surface area contributed by atoms with Crippen molar-refractivity contribution in [2.75, 3.05) is 25.0 Å². The number of nitrogens with zero attached hydrogens (tertiary/aromatic N) is 2. The molecule has 1 aromatic rings. The number of nitrogens with one attached hydrogen (secondary N) is 1. The summed E-state index contributed by atoms with van der Waals surface area (Å²) in [5.41, 5.74) is -0.811. The minimum atomic E-state index is -4.35. The maximum atomic E-state index is 12.4. The van der Waals surface area contributed by atoms with E-state index in [1.807, 2.05) is 0 Å². The fourth-order valence-corrected chi connectivity index (χ4v) is 2.96. The fourth-order valence-electron chi connectivity index (χ4n) is 2.23. The van der Waals surface area contributed by atoms with Crippen molar-refractivity contribution in [3.63, 3.8) is 0 Å². The van der Waals surface area contributed by atoms with Gasteiger partial charge in [-0.05, 0) is 25.9 Å². The van der Waals surface area contributed by atoms with Crippen molar-refractivity contribution in [2.45, 2.75) is 32.0 Å². The third kappa shape index (κ3) is 3.14. The molecule has 1 fully saturated rings. The van der Waals surface area contributed by atoms with Gasteiger partial charge >= 0.3 is 6.18 Å². The molecule has 1 aliphatic heterocycles. The van der Waals surface area contributed by atoms with E-state index >= 15 is 0 Å². The first kappa shape index (κ1) is 13.6. The number of thiazole rings is 1. The molecule has 0 aliphatic carbocycles. The van der Waals surface area contributed by atoms with Gasteiger partial charge in [0.05, 0.1) is 0 Å². The molecule has 18 heavy (non-hydrogen) atoms. The number of likely N-dealkylation sites (N-methyl/N-ethyl adjacent to an activating group) is 1. The zero-order valence-corrected chi connectivity index (χ0v) is 10.9. The van der Waals surface area contributed by atoms with Crippen LogP contribution in [-0.4, -0.2) is 35.6 Å². The second-order valence-corrected chi connectivity index (χ2v) is 5.20. The normalized spacial score (nSPS) is 21.4. The van der Waals surface area contributed by atoms with Crippen molar-refractivity contribution >= 4 is 16.5 Å². The van der Waals surface area contributed by atoms with Crippen molar-refractivity contribution in [1.29, 1.82) is 0 Å². The first-order valence-electron chi connectivity index (χ1n) is 6.01. The summed E-state index contributed by atoms with van der Waals surface area (Å²) in [6.07, 6.45) is -2.09. The minimum Gasteiger partial charge on any atom is -0.360 e. The van der Waals surface area contributed by atoms with Gasteiger partial charge in [-0.15, -0.1) is 11.3 Å². The van der Waals surface area contributed by atoms with Gasteiger partial charge in [0.1, 0.15) is 0 Å². The molecule has 1 atom stereocenters. The average molecular weight is 279 g/mol. The van der Waals surface area contributed by atoms with Gasteiger partial charge in [-0.2, -0.15) is 13.2 Å². The summed E-state index contributed by atoms with van der Waals surface area (Å²) >= 11 is 1.01. The van der Waals surface area contributed by atoms with Crippen LogP contribution in [0.4, 0.5) is 18.3 Å². The largest absolute Gasteiger partial charge is 0.434 e. The van der Waals surface area contributed by atoms with Gasteiger partial charge in [0.2, 0.25) is 0 Å². The summed E-state index contributed by atoms with van der Waals surface area (Å²) in [5, 5.41) is 4.41. The van der Waals surface area contributed by atoms with Crippen molar-refractivity contribution in [2.24, 2.45) is 0 Å². The fraction of sp³-hybridized carbons (Fsp3) is 0.727. The molecule has 1 aromatic heterocycles. The topological polar surface area (TPSA) is 28.2 Å². The van der Waals surface area contributed by atoms with E-state index in [0.29, 0.717) is 17.7 Å². The quantitative estimate of drug-likeness (QED) is 0.918. The molecule has 1 aliphatic rings. The molecule has 7 heteroatoms. The summed E-state index contributed by atoms with van der Waals surface area (Å²) in [6.45, 7) is 4.83. The lowest BCUT2D eigenvalue weighted by atomic mass is 10.2. The van der Waals surface area contributed by atoms with Crippen LogP contribution in [0.3, 0.4) is 0 Å². The number of aromatic nitrogens is 1. The smallest absolute Gasteiger partial charge is 0.360 e. The third-order valence-corrected chi connectivity index (χ3v) is 3.99. The number of anilines is 1. The van der Waals surface area contributed by atoms with E-state index in [-0.39, 0.29) is 0 Å². The summed E-state index contributed by atoms with van der Waals surface area (Å²) in [4.78, 5) is 5.90. The summed E-state index contributed by atoms with van der Waals surface area (Å²) in [7, 11) is 0. The van der Waals surface area contributed by atoms with Gasteiger partial charge in [0.25, 0.3) is 0 Å². The predicted molar refractivity (Wildman–Crippen MR) is 65.9 cm³/mol. The van der Waals surface area contributed by atoms with E-state index in [0.717, 1.165) is 42.6 Å². The van der Waals surface area contributed by atoms with Crippen LogP contribution in [0.15, 0.2) is 5.38 Å². The van der Waals surface area contributed by atoms with E-state index in [1.165, 1.54) is 0 Å². The number of halogens is 3. The van der Waals surface area contributed by atoms with Gasteiger partial charge in [0, 0.05) is 18.0 Å². The molecular weight excluding hydrogens is 263 g/mol. The predicted octanol–water partition coefficient (Wildman–Crippen LogP) is 3.06. The lowest BCUT2D eigenvalue weighted by molar-refractivity contribution is -0.140. The first-order valence-corrected chi connectivity index (χ1v) is 6.89. The van der Waals surface area contributed by atoms with Gasteiger partial charge < -0.3 is 5.32 Å². The Morgan fingerprint density at radius 3 is 2.94 bits per heavy atom. The van der Waals surface area contributed by atoms with E-state index in [4.69, 9.17) is 0 Å². The Labute approximate surface area is 108 Å². The molecule has 2 rings (SSSR count). The maximum Gasteiger partial charge on any atom is 0.434 e. The average Bonchev–Trinajstić information content (AvgIpc) is 2.94. The van der Waals surface area contributed by atoms with E-state index in [1.54, 1.807) is 0 Å². The number of hydrogen-bond donors (Lipinski definition) is 1. The van der Waals surface area contributed by atoms with Gasteiger partial charge in [-0.25, -0.2) is 4.98 Å². The monoisotopic (exact) mass is 279 g/mol. The van der Waals surface area contributed by atoms with E-state index in [9.17, 15) is 13.2 Å². The molecule has 2 heterocycles. The lowest BCUT2D eigenvalue weighted by Gasteiger charge is -2.22. The van der Waals surface area contributed by atoms with Crippen molar-refractivity contribution in [3.8, 4) is 0 Å². The van der Waals surface area contributed by atoms with Crippen LogP contribution in [0.2, 0.25) is 0 Å². The Hall–Kier alpha value is -0.820. The van der Waals surface area contributed by atoms with Crippen LogP contribution in [0.25, 0.3) is 0 Å². The molecule has 0 spiro atoms. The zero-order valence-electron chi connectivity index (χ0n) is 10.1. The molecule has 1 saturated heterocycles. The highest BCUT2D eigenvalue weighted by molar-refractivity contribution is 7.13. The van der Waals surface area contributed by atoms with E-state index in [2.05, 4.69) is 22.1 Å². The SMILES string of the molecule is CCN1CCCC1CNc1nc(C(F)(F)F)cs1. The Morgan fingerprint density at radius 2 is 2.33 bits per heavy atom. The Morgan fingerprint density at radius 1 is 1.56 bits per heavy atom. The molecule has 3 nitrogen and oxygen atoms in total. The number of hydrogen-bond acceptors (Lipinski definition) is 4. The van der Waals surface area contributed by atoms with Crippen LogP contribution < -0.4 is 5.32 Å². The summed E-state index contributed by atoms with van der Waals surface area (Å²) < 4.78 is 37.1. The molecular formula is C11H16F3N3S. The maximum absolute atomic E-state index is 12.4. The number of likely N-dealkylation sites (tertiary alicyclic amines) is 1. The number of alkyl halides is 3. The highest BCUT2D eigenvalue weighted by Gasteiger charge is 2.33. The molecule has 0 bridgehead atoms. The van der Waals surface area contributed by atoms with Gasteiger partial charge in [-0.3, -0.25) is 4.90 Å². The van der Waals surface area contributed by atoms with Crippen LogP contribution >= 0.6 is 11.3 Å². The molecule has 0 saturated carbocycles. The molecule has 0 amide bonds. The van der Waals surface area contributed by atoms with Crippen LogP contribution in [0.1, 0.15) is 25.5 Å². The molecule has 1 unspecified atom stereocenters.